The molecule has 0 spiro atoms. The zero-order valence-corrected chi connectivity index (χ0v) is 11.2. The summed E-state index contributed by atoms with van der Waals surface area (Å²) in [7, 11) is 0. The lowest BCUT2D eigenvalue weighted by molar-refractivity contribution is 0.0696. The van der Waals surface area contributed by atoms with E-state index in [0.717, 1.165) is 5.01 Å². The highest BCUT2D eigenvalue weighted by molar-refractivity contribution is 7.13. The van der Waals surface area contributed by atoms with Gasteiger partial charge in [0.05, 0.1) is 16.8 Å². The van der Waals surface area contributed by atoms with E-state index in [2.05, 4.69) is 10.3 Å². The number of carboxylic acid groups (broad SMARTS) is 1. The molecule has 1 aromatic carbocycles. The molecular weight excluding hydrogens is 264 g/mol. The van der Waals surface area contributed by atoms with Crippen LogP contribution in [0, 0.1) is 13.8 Å². The Hall–Kier alpha value is -2.21. The Labute approximate surface area is 113 Å². The fourth-order valence-electron chi connectivity index (χ4n) is 1.59. The van der Waals surface area contributed by atoms with Crippen molar-refractivity contribution in [3.63, 3.8) is 0 Å². The Bertz CT molecular complexity index is 649. The fraction of sp³-hybridized carbons (Fsp3) is 0.154. The average molecular weight is 276 g/mol. The predicted octanol–water partition coefficient (Wildman–Crippen LogP) is 2.71. The molecule has 1 amide bonds. The molecule has 1 aromatic heterocycles. The van der Waals surface area contributed by atoms with Crippen molar-refractivity contribution in [3.05, 3.63) is 45.4 Å². The minimum atomic E-state index is -0.987. The van der Waals surface area contributed by atoms with Crippen LogP contribution >= 0.6 is 11.3 Å². The monoisotopic (exact) mass is 276 g/mol. The van der Waals surface area contributed by atoms with Gasteiger partial charge in [0.25, 0.3) is 5.91 Å². The van der Waals surface area contributed by atoms with E-state index in [9.17, 15) is 9.59 Å². The summed E-state index contributed by atoms with van der Waals surface area (Å²) < 4.78 is 0. The molecule has 2 rings (SSSR count). The second kappa shape index (κ2) is 5.19. The number of rotatable bonds is 3. The summed E-state index contributed by atoms with van der Waals surface area (Å²) in [6.07, 6.45) is 1.52. The van der Waals surface area contributed by atoms with Gasteiger partial charge in [-0.05, 0) is 37.6 Å². The van der Waals surface area contributed by atoms with Gasteiger partial charge < -0.3 is 10.4 Å². The molecule has 6 heteroatoms. The van der Waals surface area contributed by atoms with Crippen LogP contribution in [0.2, 0.25) is 0 Å². The Kier molecular flexibility index (Phi) is 3.62. The Morgan fingerprint density at radius 1 is 1.32 bits per heavy atom. The van der Waals surface area contributed by atoms with Crippen LogP contribution in [0.3, 0.4) is 0 Å². The quantitative estimate of drug-likeness (QED) is 0.903. The van der Waals surface area contributed by atoms with E-state index in [1.54, 1.807) is 13.0 Å². The number of benzene rings is 1. The summed E-state index contributed by atoms with van der Waals surface area (Å²) in [5, 5.41) is 12.4. The van der Waals surface area contributed by atoms with Crippen LogP contribution in [0.15, 0.2) is 24.4 Å². The molecule has 0 aliphatic heterocycles. The smallest absolute Gasteiger partial charge is 0.335 e. The molecule has 0 bridgehead atoms. The number of nitrogens with zero attached hydrogens (tertiary/aromatic N) is 1. The van der Waals surface area contributed by atoms with Crippen molar-refractivity contribution in [1.82, 2.24) is 4.98 Å². The standard InChI is InChI=1S/C13H12N2O3S/c1-7-5-9(13(17)18)3-4-10(7)15-12(16)11-6-14-8(2)19-11/h3-6H,1-2H3,(H,15,16)(H,17,18). The SMILES string of the molecule is Cc1ncc(C(=O)Nc2ccc(C(=O)O)cc2C)s1. The minimum Gasteiger partial charge on any atom is -0.478 e. The average Bonchev–Trinajstić information content (AvgIpc) is 2.78. The van der Waals surface area contributed by atoms with E-state index in [1.807, 2.05) is 6.92 Å². The van der Waals surface area contributed by atoms with E-state index in [1.165, 1.54) is 29.7 Å². The highest BCUT2D eigenvalue weighted by Gasteiger charge is 2.12. The summed E-state index contributed by atoms with van der Waals surface area (Å²) in [4.78, 5) is 27.3. The third-order valence-corrected chi connectivity index (χ3v) is 3.48. The van der Waals surface area contributed by atoms with Crippen molar-refractivity contribution in [1.29, 1.82) is 0 Å². The number of aromatic nitrogens is 1. The molecule has 0 fully saturated rings. The van der Waals surface area contributed by atoms with Gasteiger partial charge in [0.2, 0.25) is 0 Å². The van der Waals surface area contributed by atoms with Crippen molar-refractivity contribution in [2.75, 3.05) is 5.32 Å². The number of hydrogen-bond acceptors (Lipinski definition) is 4. The van der Waals surface area contributed by atoms with Crippen molar-refractivity contribution in [2.45, 2.75) is 13.8 Å². The van der Waals surface area contributed by atoms with Gasteiger partial charge in [-0.1, -0.05) is 0 Å². The number of carbonyl (C=O) groups excluding carboxylic acids is 1. The summed E-state index contributed by atoms with van der Waals surface area (Å²) in [5.41, 5.74) is 1.50. The number of hydrogen-bond donors (Lipinski definition) is 2. The van der Waals surface area contributed by atoms with Gasteiger partial charge >= 0.3 is 5.97 Å². The van der Waals surface area contributed by atoms with Crippen LogP contribution in [-0.4, -0.2) is 22.0 Å². The zero-order valence-electron chi connectivity index (χ0n) is 10.4. The summed E-state index contributed by atoms with van der Waals surface area (Å²) in [6, 6.07) is 4.57. The topological polar surface area (TPSA) is 79.3 Å². The van der Waals surface area contributed by atoms with Gasteiger partial charge in [0, 0.05) is 5.69 Å². The maximum atomic E-state index is 11.9. The van der Waals surface area contributed by atoms with Gasteiger partial charge in [-0.3, -0.25) is 4.79 Å². The molecular formula is C13H12N2O3S. The van der Waals surface area contributed by atoms with Crippen LogP contribution in [0.4, 0.5) is 5.69 Å². The number of aryl methyl sites for hydroxylation is 2. The van der Waals surface area contributed by atoms with E-state index >= 15 is 0 Å². The van der Waals surface area contributed by atoms with Crippen LogP contribution in [-0.2, 0) is 0 Å². The van der Waals surface area contributed by atoms with Gasteiger partial charge in [-0.2, -0.15) is 0 Å². The van der Waals surface area contributed by atoms with Crippen molar-refractivity contribution >= 4 is 28.9 Å². The van der Waals surface area contributed by atoms with Crippen molar-refractivity contribution in [2.24, 2.45) is 0 Å². The zero-order chi connectivity index (χ0) is 14.0. The van der Waals surface area contributed by atoms with E-state index in [-0.39, 0.29) is 11.5 Å². The molecule has 0 saturated heterocycles. The normalized spacial score (nSPS) is 10.2. The van der Waals surface area contributed by atoms with Crippen LogP contribution < -0.4 is 5.32 Å². The molecule has 98 valence electrons. The number of anilines is 1. The lowest BCUT2D eigenvalue weighted by Gasteiger charge is -2.07. The molecule has 19 heavy (non-hydrogen) atoms. The van der Waals surface area contributed by atoms with Crippen LogP contribution in [0.25, 0.3) is 0 Å². The number of carbonyl (C=O) groups is 2. The largest absolute Gasteiger partial charge is 0.478 e. The second-order valence-electron chi connectivity index (χ2n) is 4.03. The Morgan fingerprint density at radius 2 is 2.05 bits per heavy atom. The highest BCUT2D eigenvalue weighted by Crippen LogP contribution is 2.19. The Balaban J connectivity index is 2.20. The first-order valence-electron chi connectivity index (χ1n) is 5.55. The summed E-state index contributed by atoms with van der Waals surface area (Å²) in [5.74, 6) is -1.23. The molecule has 1 heterocycles. The second-order valence-corrected chi connectivity index (χ2v) is 5.27. The van der Waals surface area contributed by atoms with Crippen LogP contribution in [0.1, 0.15) is 30.6 Å². The van der Waals surface area contributed by atoms with Gasteiger partial charge in [0.1, 0.15) is 4.88 Å². The maximum Gasteiger partial charge on any atom is 0.335 e. The number of nitrogens with one attached hydrogen (secondary N) is 1. The van der Waals surface area contributed by atoms with Gasteiger partial charge in [0.15, 0.2) is 0 Å². The first-order valence-corrected chi connectivity index (χ1v) is 6.37. The molecule has 0 saturated carbocycles. The molecule has 0 aliphatic rings. The third kappa shape index (κ3) is 2.97. The third-order valence-electron chi connectivity index (χ3n) is 2.57. The van der Waals surface area contributed by atoms with E-state index in [4.69, 9.17) is 5.11 Å². The van der Waals surface area contributed by atoms with Gasteiger partial charge in [-0.25, -0.2) is 9.78 Å². The lowest BCUT2D eigenvalue weighted by atomic mass is 10.1. The maximum absolute atomic E-state index is 11.9. The van der Waals surface area contributed by atoms with E-state index in [0.29, 0.717) is 16.1 Å². The Morgan fingerprint density at radius 3 is 2.58 bits per heavy atom. The number of amides is 1. The first-order chi connectivity index (χ1) is 8.97. The number of aromatic carboxylic acids is 1. The first kappa shape index (κ1) is 13.2. The molecule has 2 aromatic rings. The summed E-state index contributed by atoms with van der Waals surface area (Å²) >= 11 is 1.31. The van der Waals surface area contributed by atoms with Crippen molar-refractivity contribution < 1.29 is 14.7 Å². The molecule has 0 unspecified atom stereocenters. The molecule has 0 radical (unpaired) electrons. The van der Waals surface area contributed by atoms with Crippen molar-refractivity contribution in [3.8, 4) is 0 Å². The summed E-state index contributed by atoms with van der Waals surface area (Å²) in [6.45, 7) is 3.58. The fourth-order valence-corrected chi connectivity index (χ4v) is 2.26. The minimum absolute atomic E-state index is 0.198. The van der Waals surface area contributed by atoms with Crippen LogP contribution in [0.5, 0.6) is 0 Å². The lowest BCUT2D eigenvalue weighted by Crippen LogP contribution is -2.11. The van der Waals surface area contributed by atoms with Gasteiger partial charge in [-0.15, -0.1) is 11.3 Å². The van der Waals surface area contributed by atoms with E-state index < -0.39 is 5.97 Å². The highest BCUT2D eigenvalue weighted by atomic mass is 32.1. The number of carboxylic acids is 1. The molecule has 2 N–H and O–H groups in total. The molecule has 0 atom stereocenters. The number of thiazole rings is 1. The predicted molar refractivity (Wildman–Crippen MR) is 72.9 cm³/mol. The molecule has 5 nitrogen and oxygen atoms in total. The molecule has 0 aliphatic carbocycles.